The first kappa shape index (κ1) is 14.7. The Labute approximate surface area is 127 Å². The molecule has 0 spiro atoms. The van der Waals surface area contributed by atoms with E-state index in [1.165, 1.54) is 0 Å². The van der Waals surface area contributed by atoms with Crippen LogP contribution in [0.25, 0.3) is 0 Å². The lowest BCUT2D eigenvalue weighted by molar-refractivity contribution is 0.262. The highest BCUT2D eigenvalue weighted by Crippen LogP contribution is 2.18. The van der Waals surface area contributed by atoms with Crippen molar-refractivity contribution in [2.24, 2.45) is 0 Å². The number of carbonyl (C=O) groups is 1. The number of hydrogen-bond acceptors (Lipinski definition) is 3. The molecule has 0 saturated carbocycles. The summed E-state index contributed by atoms with van der Waals surface area (Å²) in [4.78, 5) is 11.9. The third-order valence-electron chi connectivity index (χ3n) is 2.48. The number of nitriles is 1. The maximum absolute atomic E-state index is 11.9. The van der Waals surface area contributed by atoms with Gasteiger partial charge in [0.15, 0.2) is 6.61 Å². The monoisotopic (exact) mass is 301 g/mol. The third kappa shape index (κ3) is 4.71. The Morgan fingerprint density at radius 1 is 1.14 bits per heavy atom. The number of nitrogens with one attached hydrogen (secondary N) is 2. The van der Waals surface area contributed by atoms with Gasteiger partial charge in [-0.15, -0.1) is 0 Å². The zero-order valence-corrected chi connectivity index (χ0v) is 11.7. The second kappa shape index (κ2) is 7.17. The summed E-state index contributed by atoms with van der Waals surface area (Å²) >= 11 is 5.84. The van der Waals surface area contributed by atoms with E-state index in [1.54, 1.807) is 48.5 Å². The van der Waals surface area contributed by atoms with E-state index in [0.717, 1.165) is 0 Å². The minimum atomic E-state index is -0.394. The molecule has 0 aromatic heterocycles. The second-order valence-corrected chi connectivity index (χ2v) is 4.50. The average Bonchev–Trinajstić information content (AvgIpc) is 2.45. The van der Waals surface area contributed by atoms with Crippen LogP contribution in [0.15, 0.2) is 48.5 Å². The van der Waals surface area contributed by atoms with Crippen molar-refractivity contribution in [3.8, 4) is 11.8 Å². The van der Waals surface area contributed by atoms with Gasteiger partial charge in [-0.3, -0.25) is 0 Å². The van der Waals surface area contributed by atoms with Gasteiger partial charge in [0.05, 0.1) is 0 Å². The second-order valence-electron chi connectivity index (χ2n) is 4.06. The molecule has 2 aromatic rings. The Balaban J connectivity index is 1.98. The first-order chi connectivity index (χ1) is 10.2. The molecule has 2 amide bonds. The SMILES string of the molecule is N#CCOc1cccc(NC(=O)Nc2cccc(Cl)c2)c1. The maximum Gasteiger partial charge on any atom is 0.323 e. The number of carbonyl (C=O) groups excluding carboxylic acids is 1. The summed E-state index contributed by atoms with van der Waals surface area (Å²) in [5.41, 5.74) is 1.15. The summed E-state index contributed by atoms with van der Waals surface area (Å²) in [6, 6.07) is 15.1. The highest BCUT2D eigenvalue weighted by Gasteiger charge is 2.04. The molecular weight excluding hydrogens is 290 g/mol. The maximum atomic E-state index is 11.9. The smallest absolute Gasteiger partial charge is 0.323 e. The van der Waals surface area contributed by atoms with Crippen molar-refractivity contribution in [3.63, 3.8) is 0 Å². The van der Waals surface area contributed by atoms with Gasteiger partial charge in [0, 0.05) is 22.5 Å². The van der Waals surface area contributed by atoms with Crippen LogP contribution in [0.1, 0.15) is 0 Å². The molecule has 0 unspecified atom stereocenters. The van der Waals surface area contributed by atoms with E-state index in [0.29, 0.717) is 22.1 Å². The van der Waals surface area contributed by atoms with E-state index >= 15 is 0 Å². The van der Waals surface area contributed by atoms with Crippen LogP contribution < -0.4 is 15.4 Å². The fraction of sp³-hybridized carbons (Fsp3) is 0.0667. The van der Waals surface area contributed by atoms with Crippen molar-refractivity contribution in [1.29, 1.82) is 5.26 Å². The van der Waals surface area contributed by atoms with E-state index in [2.05, 4.69) is 10.6 Å². The lowest BCUT2D eigenvalue weighted by Gasteiger charge is -2.09. The van der Waals surface area contributed by atoms with Crippen LogP contribution in [0.5, 0.6) is 5.75 Å². The van der Waals surface area contributed by atoms with Gasteiger partial charge in [0.25, 0.3) is 0 Å². The van der Waals surface area contributed by atoms with Crippen molar-refractivity contribution in [1.82, 2.24) is 0 Å². The fourth-order valence-corrected chi connectivity index (χ4v) is 1.83. The molecule has 21 heavy (non-hydrogen) atoms. The average molecular weight is 302 g/mol. The molecule has 2 aromatic carbocycles. The molecular formula is C15H12ClN3O2. The van der Waals surface area contributed by atoms with E-state index in [4.69, 9.17) is 21.6 Å². The molecule has 0 radical (unpaired) electrons. The van der Waals surface area contributed by atoms with Crippen LogP contribution >= 0.6 is 11.6 Å². The molecule has 0 saturated heterocycles. The predicted octanol–water partition coefficient (Wildman–Crippen LogP) is 3.89. The van der Waals surface area contributed by atoms with Crippen LogP contribution in [0.3, 0.4) is 0 Å². The predicted molar refractivity (Wildman–Crippen MR) is 81.6 cm³/mol. The van der Waals surface area contributed by atoms with Gasteiger partial charge in [-0.25, -0.2) is 4.79 Å². The first-order valence-electron chi connectivity index (χ1n) is 6.11. The number of hydrogen-bond donors (Lipinski definition) is 2. The van der Waals surface area contributed by atoms with E-state index in [9.17, 15) is 4.79 Å². The molecule has 0 atom stereocenters. The minimum absolute atomic E-state index is 0.0435. The summed E-state index contributed by atoms with van der Waals surface area (Å²) in [5, 5.41) is 14.3. The zero-order chi connectivity index (χ0) is 15.1. The number of nitrogens with zero attached hydrogens (tertiary/aromatic N) is 1. The lowest BCUT2D eigenvalue weighted by Crippen LogP contribution is -2.19. The topological polar surface area (TPSA) is 74.1 Å². The molecule has 106 valence electrons. The first-order valence-corrected chi connectivity index (χ1v) is 6.48. The van der Waals surface area contributed by atoms with E-state index in [1.807, 2.05) is 6.07 Å². The van der Waals surface area contributed by atoms with Gasteiger partial charge in [0.1, 0.15) is 11.8 Å². The summed E-state index contributed by atoms with van der Waals surface area (Å²) in [6.07, 6.45) is 0. The fourth-order valence-electron chi connectivity index (χ4n) is 1.64. The standard InChI is InChI=1S/C15H12ClN3O2/c16-11-3-1-4-12(9-11)18-15(20)19-13-5-2-6-14(10-13)21-8-7-17/h1-6,9-10H,8H2,(H2,18,19,20). The number of halogens is 1. The van der Waals surface area contributed by atoms with Gasteiger partial charge in [-0.1, -0.05) is 23.7 Å². The largest absolute Gasteiger partial charge is 0.479 e. The molecule has 0 fully saturated rings. The highest BCUT2D eigenvalue weighted by atomic mass is 35.5. The minimum Gasteiger partial charge on any atom is -0.479 e. The molecule has 5 nitrogen and oxygen atoms in total. The number of rotatable bonds is 4. The van der Waals surface area contributed by atoms with Gasteiger partial charge in [-0.05, 0) is 30.3 Å². The summed E-state index contributed by atoms with van der Waals surface area (Å²) in [5.74, 6) is 0.511. The third-order valence-corrected chi connectivity index (χ3v) is 2.71. The van der Waals surface area contributed by atoms with Crippen molar-refractivity contribution in [2.75, 3.05) is 17.2 Å². The Hall–Kier alpha value is -2.71. The summed E-state index contributed by atoms with van der Waals surface area (Å²) in [7, 11) is 0. The van der Waals surface area contributed by atoms with Gasteiger partial charge < -0.3 is 15.4 Å². The zero-order valence-electron chi connectivity index (χ0n) is 11.0. The van der Waals surface area contributed by atoms with E-state index < -0.39 is 6.03 Å². The molecule has 0 aliphatic carbocycles. The van der Waals surface area contributed by atoms with Crippen LogP contribution in [0, 0.1) is 11.3 Å². The van der Waals surface area contributed by atoms with Crippen molar-refractivity contribution in [2.45, 2.75) is 0 Å². The molecule has 2 rings (SSSR count). The van der Waals surface area contributed by atoms with Crippen LogP contribution in [0.2, 0.25) is 5.02 Å². The normalized spacial score (nSPS) is 9.52. The number of ether oxygens (including phenoxy) is 1. The molecule has 0 aliphatic heterocycles. The van der Waals surface area contributed by atoms with Crippen molar-refractivity contribution in [3.05, 3.63) is 53.6 Å². The van der Waals surface area contributed by atoms with Crippen LogP contribution in [0.4, 0.5) is 16.2 Å². The quantitative estimate of drug-likeness (QED) is 0.899. The van der Waals surface area contributed by atoms with Gasteiger partial charge >= 0.3 is 6.03 Å². The Morgan fingerprint density at radius 3 is 2.48 bits per heavy atom. The summed E-state index contributed by atoms with van der Waals surface area (Å²) in [6.45, 7) is -0.0435. The van der Waals surface area contributed by atoms with Crippen molar-refractivity contribution < 1.29 is 9.53 Å². The molecule has 0 heterocycles. The number of urea groups is 1. The van der Waals surface area contributed by atoms with Crippen molar-refractivity contribution >= 4 is 29.0 Å². The Morgan fingerprint density at radius 2 is 1.81 bits per heavy atom. The Kier molecular flexibility index (Phi) is 5.02. The highest BCUT2D eigenvalue weighted by molar-refractivity contribution is 6.30. The van der Waals surface area contributed by atoms with Gasteiger partial charge in [0.2, 0.25) is 0 Å². The van der Waals surface area contributed by atoms with Crippen LogP contribution in [-0.2, 0) is 0 Å². The number of anilines is 2. The Bertz CT molecular complexity index is 683. The molecule has 2 N–H and O–H groups in total. The molecule has 0 bridgehead atoms. The molecule has 0 aliphatic rings. The van der Waals surface area contributed by atoms with Crippen LogP contribution in [-0.4, -0.2) is 12.6 Å². The number of amides is 2. The number of benzene rings is 2. The van der Waals surface area contributed by atoms with E-state index in [-0.39, 0.29) is 6.61 Å². The van der Waals surface area contributed by atoms with Gasteiger partial charge in [-0.2, -0.15) is 5.26 Å². The summed E-state index contributed by atoms with van der Waals surface area (Å²) < 4.78 is 5.16. The molecule has 6 heteroatoms. The lowest BCUT2D eigenvalue weighted by atomic mass is 10.3.